The molecule has 0 saturated carbocycles. The first-order chi connectivity index (χ1) is 12.5. The number of ether oxygens (including phenoxy) is 1. The van der Waals surface area contributed by atoms with Gasteiger partial charge in [-0.3, -0.25) is 14.4 Å². The summed E-state index contributed by atoms with van der Waals surface area (Å²) in [5.74, 6) is 0.00658. The molecule has 0 saturated heterocycles. The van der Waals surface area contributed by atoms with Gasteiger partial charge in [0.25, 0.3) is 11.8 Å². The van der Waals surface area contributed by atoms with E-state index in [1.807, 2.05) is 12.1 Å². The molecule has 3 amide bonds. The minimum Gasteiger partial charge on any atom is -0.482 e. The largest absolute Gasteiger partial charge is 0.482 e. The van der Waals surface area contributed by atoms with Crippen LogP contribution in [0.5, 0.6) is 5.75 Å². The topological polar surface area (TPSA) is 87.7 Å². The molecular weight excluding hydrogens is 334 g/mol. The molecule has 7 nitrogen and oxygen atoms in total. The molecule has 0 fully saturated rings. The molecule has 26 heavy (non-hydrogen) atoms. The van der Waals surface area contributed by atoms with Crippen molar-refractivity contribution in [3.05, 3.63) is 47.5 Å². The van der Waals surface area contributed by atoms with Gasteiger partial charge in [0.15, 0.2) is 6.61 Å². The van der Waals surface area contributed by atoms with Gasteiger partial charge < -0.3 is 20.3 Å². The highest BCUT2D eigenvalue weighted by molar-refractivity contribution is 6.06. The third kappa shape index (κ3) is 2.88. The zero-order valence-electron chi connectivity index (χ0n) is 14.2. The average Bonchev–Trinajstić information content (AvgIpc) is 3.04. The van der Waals surface area contributed by atoms with Crippen molar-refractivity contribution in [3.63, 3.8) is 0 Å². The Balaban J connectivity index is 1.52. The summed E-state index contributed by atoms with van der Waals surface area (Å²) in [6.45, 7) is 2.15. The predicted molar refractivity (Wildman–Crippen MR) is 96.7 cm³/mol. The Morgan fingerprint density at radius 2 is 2.04 bits per heavy atom. The third-order valence-corrected chi connectivity index (χ3v) is 4.49. The molecule has 0 aromatic heterocycles. The molecule has 0 atom stereocenters. The maximum absolute atomic E-state index is 12.5. The smallest absolute Gasteiger partial charge is 0.262 e. The van der Waals surface area contributed by atoms with Crippen molar-refractivity contribution < 1.29 is 19.1 Å². The molecule has 2 aliphatic rings. The number of anilines is 3. The predicted octanol–water partition coefficient (Wildman–Crippen LogP) is 2.18. The van der Waals surface area contributed by atoms with E-state index in [1.54, 1.807) is 36.1 Å². The van der Waals surface area contributed by atoms with E-state index in [1.165, 1.54) is 0 Å². The Kier molecular flexibility index (Phi) is 3.84. The number of carbonyl (C=O) groups excluding carboxylic acids is 3. The van der Waals surface area contributed by atoms with Crippen molar-refractivity contribution in [1.29, 1.82) is 0 Å². The van der Waals surface area contributed by atoms with E-state index >= 15 is 0 Å². The van der Waals surface area contributed by atoms with Crippen molar-refractivity contribution in [3.8, 4) is 5.75 Å². The summed E-state index contributed by atoms with van der Waals surface area (Å²) >= 11 is 0. The van der Waals surface area contributed by atoms with Crippen LogP contribution in [0.3, 0.4) is 0 Å². The summed E-state index contributed by atoms with van der Waals surface area (Å²) < 4.78 is 5.34. The maximum Gasteiger partial charge on any atom is 0.262 e. The van der Waals surface area contributed by atoms with E-state index in [4.69, 9.17) is 4.74 Å². The van der Waals surface area contributed by atoms with Gasteiger partial charge in [-0.05, 0) is 48.4 Å². The average molecular weight is 351 g/mol. The lowest BCUT2D eigenvalue weighted by atomic mass is 10.1. The summed E-state index contributed by atoms with van der Waals surface area (Å²) in [6.07, 6.45) is 0.769. The SMILES string of the molecule is CC(=O)N1CCc2cc(NC(=O)c3ccc4c(c3)OCC(=O)N4)ccc21. The van der Waals surface area contributed by atoms with Crippen molar-refractivity contribution in [2.45, 2.75) is 13.3 Å². The molecule has 7 heteroatoms. The first-order valence-corrected chi connectivity index (χ1v) is 8.30. The summed E-state index contributed by atoms with van der Waals surface area (Å²) in [4.78, 5) is 37.2. The van der Waals surface area contributed by atoms with Crippen LogP contribution in [0.1, 0.15) is 22.8 Å². The van der Waals surface area contributed by atoms with Crippen LogP contribution in [0.2, 0.25) is 0 Å². The second-order valence-corrected chi connectivity index (χ2v) is 6.27. The molecule has 2 aromatic rings. The third-order valence-electron chi connectivity index (χ3n) is 4.49. The number of nitrogens with zero attached hydrogens (tertiary/aromatic N) is 1. The molecule has 2 aromatic carbocycles. The van der Waals surface area contributed by atoms with Crippen LogP contribution in [0.15, 0.2) is 36.4 Å². The van der Waals surface area contributed by atoms with Crippen molar-refractivity contribution in [2.24, 2.45) is 0 Å². The minimum atomic E-state index is -0.269. The number of rotatable bonds is 2. The lowest BCUT2D eigenvalue weighted by Gasteiger charge is -2.18. The van der Waals surface area contributed by atoms with Crippen LogP contribution >= 0.6 is 0 Å². The second kappa shape index (κ2) is 6.18. The number of benzene rings is 2. The van der Waals surface area contributed by atoms with Gasteiger partial charge in [0, 0.05) is 30.4 Å². The number of hydrogen-bond donors (Lipinski definition) is 2. The number of amides is 3. The molecule has 2 N–H and O–H groups in total. The van der Waals surface area contributed by atoms with Crippen LogP contribution in [0.25, 0.3) is 0 Å². The fourth-order valence-electron chi connectivity index (χ4n) is 3.23. The van der Waals surface area contributed by atoms with Gasteiger partial charge >= 0.3 is 0 Å². The minimum absolute atomic E-state index is 0.0154. The molecule has 2 heterocycles. The van der Waals surface area contributed by atoms with Crippen molar-refractivity contribution in [1.82, 2.24) is 0 Å². The van der Waals surface area contributed by atoms with E-state index in [0.717, 1.165) is 17.7 Å². The highest BCUT2D eigenvalue weighted by atomic mass is 16.5. The van der Waals surface area contributed by atoms with Crippen LogP contribution in [0.4, 0.5) is 17.1 Å². The Hall–Kier alpha value is -3.35. The van der Waals surface area contributed by atoms with Crippen molar-refractivity contribution >= 4 is 34.8 Å². The molecule has 132 valence electrons. The van der Waals surface area contributed by atoms with Gasteiger partial charge in [0.2, 0.25) is 5.91 Å². The Morgan fingerprint density at radius 1 is 1.19 bits per heavy atom. The number of hydrogen-bond acceptors (Lipinski definition) is 4. The lowest BCUT2D eigenvalue weighted by molar-refractivity contribution is -0.118. The quantitative estimate of drug-likeness (QED) is 0.868. The van der Waals surface area contributed by atoms with Crippen molar-refractivity contribution in [2.75, 3.05) is 28.7 Å². The van der Waals surface area contributed by atoms with E-state index in [0.29, 0.717) is 29.2 Å². The molecule has 0 unspecified atom stereocenters. The van der Waals surface area contributed by atoms with Gasteiger partial charge in [0.05, 0.1) is 5.69 Å². The second-order valence-electron chi connectivity index (χ2n) is 6.27. The van der Waals surface area contributed by atoms with E-state index in [9.17, 15) is 14.4 Å². The van der Waals surface area contributed by atoms with Gasteiger partial charge in [-0.15, -0.1) is 0 Å². The van der Waals surface area contributed by atoms with Gasteiger partial charge in [-0.1, -0.05) is 0 Å². The van der Waals surface area contributed by atoms with Gasteiger partial charge in [-0.2, -0.15) is 0 Å². The fourth-order valence-corrected chi connectivity index (χ4v) is 3.23. The number of carbonyl (C=O) groups is 3. The molecule has 4 rings (SSSR count). The zero-order valence-corrected chi connectivity index (χ0v) is 14.2. The summed E-state index contributed by atoms with van der Waals surface area (Å²) in [5.41, 5.74) is 3.60. The highest BCUT2D eigenvalue weighted by Gasteiger charge is 2.23. The van der Waals surface area contributed by atoms with Crippen LogP contribution in [0, 0.1) is 0 Å². The Labute approximate surface area is 149 Å². The van der Waals surface area contributed by atoms with Gasteiger partial charge in [-0.25, -0.2) is 0 Å². The van der Waals surface area contributed by atoms with Gasteiger partial charge in [0.1, 0.15) is 5.75 Å². The van der Waals surface area contributed by atoms with Crippen LogP contribution in [-0.4, -0.2) is 30.9 Å². The lowest BCUT2D eigenvalue weighted by Crippen LogP contribution is -2.25. The van der Waals surface area contributed by atoms with E-state index < -0.39 is 0 Å². The molecule has 0 spiro atoms. The first-order valence-electron chi connectivity index (χ1n) is 8.30. The Morgan fingerprint density at radius 3 is 2.85 bits per heavy atom. The Bertz CT molecular complexity index is 938. The summed E-state index contributed by atoms with van der Waals surface area (Å²) in [5, 5.41) is 5.55. The standard InChI is InChI=1S/C19H17N3O4/c1-11(23)22-7-6-12-8-14(3-5-16(12)22)20-19(25)13-2-4-15-17(9-13)26-10-18(24)21-15/h2-5,8-9H,6-7,10H2,1H3,(H,20,25)(H,21,24). The molecule has 0 bridgehead atoms. The molecular formula is C19H17N3O4. The van der Waals surface area contributed by atoms with Crippen LogP contribution < -0.4 is 20.3 Å². The first kappa shape index (κ1) is 16.1. The zero-order chi connectivity index (χ0) is 18.3. The van der Waals surface area contributed by atoms with E-state index in [-0.39, 0.29) is 24.3 Å². The fraction of sp³-hybridized carbons (Fsp3) is 0.211. The maximum atomic E-state index is 12.5. The van der Waals surface area contributed by atoms with Crippen LogP contribution in [-0.2, 0) is 16.0 Å². The molecule has 2 aliphatic heterocycles. The number of nitrogens with one attached hydrogen (secondary N) is 2. The normalized spacial score (nSPS) is 14.8. The molecule has 0 radical (unpaired) electrons. The summed E-state index contributed by atoms with van der Waals surface area (Å²) in [7, 11) is 0. The monoisotopic (exact) mass is 351 g/mol. The number of fused-ring (bicyclic) bond motifs is 2. The van der Waals surface area contributed by atoms with E-state index in [2.05, 4.69) is 10.6 Å². The molecule has 0 aliphatic carbocycles. The highest BCUT2D eigenvalue weighted by Crippen LogP contribution is 2.31. The summed E-state index contributed by atoms with van der Waals surface area (Å²) in [6, 6.07) is 10.4.